The Balaban J connectivity index is 1.98. The molecule has 1 aliphatic rings. The summed E-state index contributed by atoms with van der Waals surface area (Å²) in [6, 6.07) is 5.45. The van der Waals surface area contributed by atoms with Crippen LogP contribution in [0.15, 0.2) is 18.2 Å². The lowest BCUT2D eigenvalue weighted by atomic mass is 9.83. The number of aryl methyl sites for hydroxylation is 1. The number of benzene rings is 1. The normalized spacial score (nSPS) is 23.1. The van der Waals surface area contributed by atoms with Crippen LogP contribution in [0.4, 0.5) is 5.69 Å². The van der Waals surface area contributed by atoms with E-state index in [1.165, 1.54) is 25.7 Å². The van der Waals surface area contributed by atoms with Gasteiger partial charge in [-0.05, 0) is 49.3 Å². The van der Waals surface area contributed by atoms with E-state index in [-0.39, 0.29) is 0 Å². The Hall–Kier alpha value is -1.51. The molecule has 104 valence electrons. The van der Waals surface area contributed by atoms with Crippen molar-refractivity contribution in [2.75, 3.05) is 11.9 Å². The van der Waals surface area contributed by atoms with E-state index >= 15 is 0 Å². The molecule has 0 aliphatic heterocycles. The SMILES string of the molecule is Cc1ccc(C(=O)O)c(NCC2CCC(C)CC2)c1. The van der Waals surface area contributed by atoms with Gasteiger partial charge in [-0.15, -0.1) is 0 Å². The van der Waals surface area contributed by atoms with Gasteiger partial charge in [0.2, 0.25) is 0 Å². The largest absolute Gasteiger partial charge is 0.478 e. The highest BCUT2D eigenvalue weighted by atomic mass is 16.4. The van der Waals surface area contributed by atoms with Crippen LogP contribution in [0.25, 0.3) is 0 Å². The molecule has 0 aromatic heterocycles. The lowest BCUT2D eigenvalue weighted by Gasteiger charge is -2.26. The van der Waals surface area contributed by atoms with Gasteiger partial charge in [-0.2, -0.15) is 0 Å². The van der Waals surface area contributed by atoms with Gasteiger partial charge in [0.1, 0.15) is 0 Å². The van der Waals surface area contributed by atoms with Crippen molar-refractivity contribution in [2.45, 2.75) is 39.5 Å². The molecule has 0 radical (unpaired) electrons. The zero-order valence-electron chi connectivity index (χ0n) is 11.8. The maximum Gasteiger partial charge on any atom is 0.337 e. The molecule has 3 nitrogen and oxygen atoms in total. The number of carboxylic acids is 1. The molecule has 2 N–H and O–H groups in total. The molecular formula is C16H23NO2. The first kappa shape index (κ1) is 13.9. The quantitative estimate of drug-likeness (QED) is 0.863. The van der Waals surface area contributed by atoms with Crippen LogP contribution in [0.1, 0.15) is 48.5 Å². The second kappa shape index (κ2) is 6.09. The summed E-state index contributed by atoms with van der Waals surface area (Å²) in [5.74, 6) is 0.669. The van der Waals surface area contributed by atoms with E-state index in [1.807, 2.05) is 19.1 Å². The maximum atomic E-state index is 11.2. The van der Waals surface area contributed by atoms with Crippen molar-refractivity contribution in [1.29, 1.82) is 0 Å². The van der Waals surface area contributed by atoms with Crippen LogP contribution in [0, 0.1) is 18.8 Å². The molecule has 2 rings (SSSR count). The molecular weight excluding hydrogens is 238 g/mol. The second-order valence-corrected chi connectivity index (χ2v) is 5.86. The lowest BCUT2D eigenvalue weighted by Crippen LogP contribution is -2.21. The molecule has 0 heterocycles. The zero-order chi connectivity index (χ0) is 13.8. The number of rotatable bonds is 4. The molecule has 0 atom stereocenters. The van der Waals surface area contributed by atoms with Gasteiger partial charge >= 0.3 is 5.97 Å². The number of hydrogen-bond donors (Lipinski definition) is 2. The first-order valence-corrected chi connectivity index (χ1v) is 7.14. The average Bonchev–Trinajstić information content (AvgIpc) is 2.38. The molecule has 1 saturated carbocycles. The van der Waals surface area contributed by atoms with Gasteiger partial charge in [0.25, 0.3) is 0 Å². The van der Waals surface area contributed by atoms with Crippen LogP contribution in [-0.4, -0.2) is 17.6 Å². The van der Waals surface area contributed by atoms with E-state index in [0.29, 0.717) is 11.5 Å². The Morgan fingerprint density at radius 3 is 2.63 bits per heavy atom. The Morgan fingerprint density at radius 1 is 1.32 bits per heavy atom. The predicted octanol–water partition coefficient (Wildman–Crippen LogP) is 3.93. The molecule has 3 heteroatoms. The minimum atomic E-state index is -0.861. The highest BCUT2D eigenvalue weighted by molar-refractivity contribution is 5.94. The van der Waals surface area contributed by atoms with Crippen molar-refractivity contribution >= 4 is 11.7 Å². The molecule has 1 aromatic rings. The third kappa shape index (κ3) is 3.72. The summed E-state index contributed by atoms with van der Waals surface area (Å²) in [6.45, 7) is 5.18. The number of nitrogens with one attached hydrogen (secondary N) is 1. The Labute approximate surface area is 115 Å². The molecule has 0 unspecified atom stereocenters. The van der Waals surface area contributed by atoms with Crippen LogP contribution in [0.5, 0.6) is 0 Å². The molecule has 0 amide bonds. The van der Waals surface area contributed by atoms with Crippen molar-refractivity contribution in [3.8, 4) is 0 Å². The summed E-state index contributed by atoms with van der Waals surface area (Å²) >= 11 is 0. The van der Waals surface area contributed by atoms with Gasteiger partial charge in [-0.25, -0.2) is 4.79 Å². The van der Waals surface area contributed by atoms with E-state index in [1.54, 1.807) is 6.07 Å². The van der Waals surface area contributed by atoms with Crippen LogP contribution in [0.2, 0.25) is 0 Å². The number of aromatic carboxylic acids is 1. The van der Waals surface area contributed by atoms with Gasteiger partial charge < -0.3 is 10.4 Å². The van der Waals surface area contributed by atoms with Gasteiger partial charge in [0.15, 0.2) is 0 Å². The highest BCUT2D eigenvalue weighted by Gasteiger charge is 2.18. The molecule has 0 saturated heterocycles. The minimum Gasteiger partial charge on any atom is -0.478 e. The summed E-state index contributed by atoms with van der Waals surface area (Å²) in [6.07, 6.45) is 5.10. The van der Waals surface area contributed by atoms with Crippen molar-refractivity contribution in [2.24, 2.45) is 11.8 Å². The summed E-state index contributed by atoms with van der Waals surface area (Å²) in [5.41, 5.74) is 2.21. The van der Waals surface area contributed by atoms with Crippen molar-refractivity contribution in [1.82, 2.24) is 0 Å². The smallest absolute Gasteiger partial charge is 0.337 e. The monoisotopic (exact) mass is 261 g/mol. The first-order valence-electron chi connectivity index (χ1n) is 7.14. The molecule has 19 heavy (non-hydrogen) atoms. The molecule has 1 fully saturated rings. The number of carbonyl (C=O) groups is 1. The zero-order valence-corrected chi connectivity index (χ0v) is 11.8. The van der Waals surface area contributed by atoms with Crippen molar-refractivity contribution in [3.05, 3.63) is 29.3 Å². The Kier molecular flexibility index (Phi) is 4.46. The van der Waals surface area contributed by atoms with Crippen LogP contribution in [-0.2, 0) is 0 Å². The van der Waals surface area contributed by atoms with Crippen LogP contribution in [0.3, 0.4) is 0 Å². The second-order valence-electron chi connectivity index (χ2n) is 5.86. The third-order valence-corrected chi connectivity index (χ3v) is 4.12. The lowest BCUT2D eigenvalue weighted by molar-refractivity contribution is 0.0698. The van der Waals surface area contributed by atoms with Crippen LogP contribution < -0.4 is 5.32 Å². The number of hydrogen-bond acceptors (Lipinski definition) is 2. The standard InChI is InChI=1S/C16H23NO2/c1-11-3-6-13(7-4-11)10-17-15-9-12(2)5-8-14(15)16(18)19/h5,8-9,11,13,17H,3-4,6-7,10H2,1-2H3,(H,18,19). The molecule has 1 aliphatic carbocycles. The van der Waals surface area contributed by atoms with Crippen molar-refractivity contribution in [3.63, 3.8) is 0 Å². The fourth-order valence-electron chi connectivity index (χ4n) is 2.78. The van der Waals surface area contributed by atoms with Gasteiger partial charge in [-0.1, -0.05) is 25.8 Å². The highest BCUT2D eigenvalue weighted by Crippen LogP contribution is 2.29. The molecule has 0 bridgehead atoms. The summed E-state index contributed by atoms with van der Waals surface area (Å²) in [7, 11) is 0. The van der Waals surface area contributed by atoms with E-state index in [4.69, 9.17) is 0 Å². The summed E-state index contributed by atoms with van der Waals surface area (Å²) in [5, 5.41) is 12.5. The fourth-order valence-corrected chi connectivity index (χ4v) is 2.78. The van der Waals surface area contributed by atoms with E-state index in [2.05, 4.69) is 12.2 Å². The van der Waals surface area contributed by atoms with Gasteiger partial charge in [0, 0.05) is 12.2 Å². The molecule has 0 spiro atoms. The third-order valence-electron chi connectivity index (χ3n) is 4.12. The topological polar surface area (TPSA) is 49.3 Å². The summed E-state index contributed by atoms with van der Waals surface area (Å²) in [4.78, 5) is 11.2. The van der Waals surface area contributed by atoms with E-state index in [0.717, 1.165) is 23.7 Å². The minimum absolute atomic E-state index is 0.370. The van der Waals surface area contributed by atoms with Crippen molar-refractivity contribution < 1.29 is 9.90 Å². The van der Waals surface area contributed by atoms with E-state index < -0.39 is 5.97 Å². The van der Waals surface area contributed by atoms with E-state index in [9.17, 15) is 9.90 Å². The average molecular weight is 261 g/mol. The number of anilines is 1. The molecule has 1 aromatic carbocycles. The first-order chi connectivity index (χ1) is 9.06. The summed E-state index contributed by atoms with van der Waals surface area (Å²) < 4.78 is 0. The van der Waals surface area contributed by atoms with Gasteiger partial charge in [0.05, 0.1) is 5.56 Å². The van der Waals surface area contributed by atoms with Crippen LogP contribution >= 0.6 is 0 Å². The Bertz CT molecular complexity index is 448. The number of carboxylic acid groups (broad SMARTS) is 1. The predicted molar refractivity (Wildman–Crippen MR) is 77.8 cm³/mol. The Morgan fingerprint density at radius 2 is 2.00 bits per heavy atom. The maximum absolute atomic E-state index is 11.2. The van der Waals surface area contributed by atoms with Gasteiger partial charge in [-0.3, -0.25) is 0 Å². The fraction of sp³-hybridized carbons (Fsp3) is 0.562.